The molecule has 0 aromatic heterocycles. The number of amides is 1. The minimum atomic E-state index is 0.285. The summed E-state index contributed by atoms with van der Waals surface area (Å²) < 4.78 is 0. The van der Waals surface area contributed by atoms with Gasteiger partial charge in [-0.1, -0.05) is 309 Å². The molecule has 0 saturated heterocycles. The van der Waals surface area contributed by atoms with Crippen molar-refractivity contribution >= 4 is 5.91 Å². The van der Waals surface area contributed by atoms with E-state index in [-0.39, 0.29) is 5.91 Å². The summed E-state index contributed by atoms with van der Waals surface area (Å²) in [5, 5.41) is 0. The Morgan fingerprint density at radius 2 is 0.357 bits per heavy atom. The van der Waals surface area contributed by atoms with Crippen LogP contribution in [0.15, 0.2) is 0 Å². The second kappa shape index (κ2) is 50.6. The normalized spacial score (nSPS) is 11.6. The number of rotatable bonds is 50. The number of nitrogens with zero attached hydrogens (tertiary/aromatic N) is 1. The van der Waals surface area contributed by atoms with Crippen LogP contribution >= 0.6 is 0 Å². The molecule has 0 aromatic rings. The van der Waals surface area contributed by atoms with Crippen LogP contribution in [0.4, 0.5) is 0 Å². The van der Waals surface area contributed by atoms with Gasteiger partial charge in [0.2, 0.25) is 5.91 Å². The van der Waals surface area contributed by atoms with Crippen LogP contribution in [0.1, 0.15) is 329 Å². The second-order valence-electron chi connectivity index (χ2n) is 18.8. The van der Waals surface area contributed by atoms with E-state index in [1.165, 1.54) is 308 Å². The Bertz CT molecular complexity index is 653. The van der Waals surface area contributed by atoms with Crippen molar-refractivity contribution in [3.05, 3.63) is 0 Å². The smallest absolute Gasteiger partial charge is 0.219 e. The van der Waals surface area contributed by atoms with Crippen LogP contribution in [0, 0.1) is 0 Å². The summed E-state index contributed by atoms with van der Waals surface area (Å²) in [5.74, 6) is 0.285. The number of hydrogen-bond donors (Lipinski definition) is 0. The third-order valence-electron chi connectivity index (χ3n) is 13.0. The van der Waals surface area contributed by atoms with E-state index in [9.17, 15) is 4.79 Å². The maximum atomic E-state index is 12.2. The van der Waals surface area contributed by atoms with E-state index < -0.39 is 0 Å². The van der Waals surface area contributed by atoms with Crippen molar-refractivity contribution in [3.63, 3.8) is 0 Å². The van der Waals surface area contributed by atoms with Crippen molar-refractivity contribution in [2.24, 2.45) is 0 Å². The van der Waals surface area contributed by atoms with E-state index in [2.05, 4.69) is 18.7 Å². The fraction of sp³-hybridized carbons (Fsp3) is 0.981. The van der Waals surface area contributed by atoms with Gasteiger partial charge in [-0.3, -0.25) is 4.79 Å². The van der Waals surface area contributed by atoms with E-state index in [4.69, 9.17) is 0 Å². The number of unbranched alkanes of at least 4 members (excludes halogenated alkanes) is 46. The SMILES string of the molecule is CCCCCCCCCCCCCCCCCCCCCCCCCCN(CCCCCCCCCCCCCCCCCCCCCCCCCC)C(C)=O. The van der Waals surface area contributed by atoms with Crippen molar-refractivity contribution in [2.45, 2.75) is 329 Å². The average Bonchev–Trinajstić information content (AvgIpc) is 3.20. The highest BCUT2D eigenvalue weighted by atomic mass is 16.2. The van der Waals surface area contributed by atoms with Crippen LogP contribution in [-0.4, -0.2) is 23.9 Å². The fourth-order valence-corrected chi connectivity index (χ4v) is 8.96. The molecule has 0 bridgehead atoms. The van der Waals surface area contributed by atoms with E-state index >= 15 is 0 Å². The highest BCUT2D eigenvalue weighted by Gasteiger charge is 2.08. The third kappa shape index (κ3) is 47.8. The molecule has 0 saturated carbocycles. The first-order valence-corrected chi connectivity index (χ1v) is 27.0. The van der Waals surface area contributed by atoms with Gasteiger partial charge in [-0.25, -0.2) is 0 Å². The topological polar surface area (TPSA) is 20.3 Å². The Kier molecular flexibility index (Phi) is 50.1. The van der Waals surface area contributed by atoms with Crippen LogP contribution in [-0.2, 0) is 4.79 Å². The molecule has 336 valence electrons. The molecular weight excluding hydrogens is 679 g/mol. The summed E-state index contributed by atoms with van der Waals surface area (Å²) in [4.78, 5) is 14.3. The molecule has 2 heteroatoms. The predicted octanol–water partition coefficient (Wildman–Crippen LogP) is 19.6. The molecule has 0 aromatic carbocycles. The molecule has 2 nitrogen and oxygen atoms in total. The zero-order valence-electron chi connectivity index (χ0n) is 39.7. The van der Waals surface area contributed by atoms with Gasteiger partial charge in [0.1, 0.15) is 0 Å². The molecule has 0 radical (unpaired) electrons. The fourth-order valence-electron chi connectivity index (χ4n) is 8.96. The van der Waals surface area contributed by atoms with Crippen molar-refractivity contribution in [3.8, 4) is 0 Å². The van der Waals surface area contributed by atoms with Crippen molar-refractivity contribution < 1.29 is 4.79 Å². The van der Waals surface area contributed by atoms with Gasteiger partial charge in [-0.2, -0.15) is 0 Å². The Morgan fingerprint density at radius 1 is 0.232 bits per heavy atom. The van der Waals surface area contributed by atoms with Gasteiger partial charge in [0.25, 0.3) is 0 Å². The van der Waals surface area contributed by atoms with Crippen LogP contribution in [0.25, 0.3) is 0 Å². The van der Waals surface area contributed by atoms with Crippen LogP contribution in [0.2, 0.25) is 0 Å². The Labute approximate surface area is 356 Å². The van der Waals surface area contributed by atoms with E-state index in [1.807, 2.05) is 0 Å². The van der Waals surface area contributed by atoms with Crippen molar-refractivity contribution in [1.29, 1.82) is 0 Å². The maximum Gasteiger partial charge on any atom is 0.219 e. The molecule has 0 rings (SSSR count). The Hall–Kier alpha value is -0.530. The molecule has 0 N–H and O–H groups in total. The van der Waals surface area contributed by atoms with Crippen LogP contribution < -0.4 is 0 Å². The van der Waals surface area contributed by atoms with Crippen molar-refractivity contribution in [2.75, 3.05) is 13.1 Å². The molecule has 0 aliphatic rings. The standard InChI is InChI=1S/C54H109NO/c1-4-6-8-10-12-14-16-18-20-22-24-26-28-30-32-34-36-38-40-42-44-46-48-50-52-55(54(3)56)53-51-49-47-45-43-41-39-37-35-33-31-29-27-25-23-21-19-17-15-13-11-9-7-5-2/h4-53H2,1-3H3. The summed E-state index contributed by atoms with van der Waals surface area (Å²) in [6.45, 7) is 8.35. The van der Waals surface area contributed by atoms with Crippen molar-refractivity contribution in [1.82, 2.24) is 4.90 Å². The number of carbonyl (C=O) groups is 1. The van der Waals surface area contributed by atoms with Gasteiger partial charge in [-0.05, 0) is 12.8 Å². The van der Waals surface area contributed by atoms with Gasteiger partial charge < -0.3 is 4.90 Å². The highest BCUT2D eigenvalue weighted by Crippen LogP contribution is 2.18. The lowest BCUT2D eigenvalue weighted by Gasteiger charge is -2.21. The summed E-state index contributed by atoms with van der Waals surface area (Å²) >= 11 is 0. The number of carbonyl (C=O) groups excluding carboxylic acids is 1. The van der Waals surface area contributed by atoms with Crippen LogP contribution in [0.5, 0.6) is 0 Å². The van der Waals surface area contributed by atoms with Gasteiger partial charge in [0.15, 0.2) is 0 Å². The van der Waals surface area contributed by atoms with Crippen LogP contribution in [0.3, 0.4) is 0 Å². The first kappa shape index (κ1) is 55.5. The van der Waals surface area contributed by atoms with Gasteiger partial charge in [-0.15, -0.1) is 0 Å². The summed E-state index contributed by atoms with van der Waals surface area (Å²) in [5.41, 5.74) is 0. The Morgan fingerprint density at radius 3 is 0.482 bits per heavy atom. The molecule has 0 spiro atoms. The lowest BCUT2D eigenvalue weighted by molar-refractivity contribution is -0.129. The van der Waals surface area contributed by atoms with E-state index in [0.29, 0.717) is 0 Å². The third-order valence-corrected chi connectivity index (χ3v) is 13.0. The first-order valence-electron chi connectivity index (χ1n) is 27.0. The molecule has 1 amide bonds. The van der Waals surface area contributed by atoms with E-state index in [1.54, 1.807) is 6.92 Å². The number of hydrogen-bond acceptors (Lipinski definition) is 1. The Balaban J connectivity index is 3.31. The monoisotopic (exact) mass is 788 g/mol. The molecular formula is C54H109NO. The second-order valence-corrected chi connectivity index (χ2v) is 18.8. The summed E-state index contributed by atoms with van der Waals surface area (Å²) in [7, 11) is 0. The molecule has 0 aliphatic carbocycles. The lowest BCUT2D eigenvalue weighted by atomic mass is 10.0. The van der Waals surface area contributed by atoms with Gasteiger partial charge in [0, 0.05) is 20.0 Å². The predicted molar refractivity (Wildman–Crippen MR) is 255 cm³/mol. The largest absolute Gasteiger partial charge is 0.343 e. The molecule has 0 unspecified atom stereocenters. The summed E-state index contributed by atoms with van der Waals surface area (Å²) in [6, 6.07) is 0. The molecule has 0 heterocycles. The first-order chi connectivity index (χ1) is 27.7. The zero-order valence-corrected chi connectivity index (χ0v) is 39.7. The van der Waals surface area contributed by atoms with Gasteiger partial charge >= 0.3 is 0 Å². The van der Waals surface area contributed by atoms with Gasteiger partial charge in [0.05, 0.1) is 0 Å². The molecule has 0 aliphatic heterocycles. The lowest BCUT2D eigenvalue weighted by Crippen LogP contribution is -2.30. The molecule has 0 fully saturated rings. The molecule has 56 heavy (non-hydrogen) atoms. The minimum absolute atomic E-state index is 0.285. The molecule has 0 atom stereocenters. The zero-order chi connectivity index (χ0) is 40.5. The summed E-state index contributed by atoms with van der Waals surface area (Å²) in [6.07, 6.45) is 68.7. The minimum Gasteiger partial charge on any atom is -0.343 e. The van der Waals surface area contributed by atoms with E-state index in [0.717, 1.165) is 13.1 Å². The quantitative estimate of drug-likeness (QED) is 0.0562. The maximum absolute atomic E-state index is 12.2. The highest BCUT2D eigenvalue weighted by molar-refractivity contribution is 5.73. The average molecular weight is 788 g/mol.